The second-order valence-corrected chi connectivity index (χ2v) is 4.64. The second-order valence-electron chi connectivity index (χ2n) is 4.64. The molecule has 3 unspecified atom stereocenters. The van der Waals surface area contributed by atoms with Gasteiger partial charge in [-0.05, 0) is 18.0 Å². The number of carbonyl (C=O) groups excluding carboxylic acids is 1. The molecule has 2 rings (SSSR count). The van der Waals surface area contributed by atoms with Gasteiger partial charge >= 0.3 is 0 Å². The maximum atomic E-state index is 12.9. The lowest BCUT2D eigenvalue weighted by molar-refractivity contribution is -0.130. The van der Waals surface area contributed by atoms with Crippen LogP contribution in [0.5, 0.6) is 0 Å². The predicted molar refractivity (Wildman–Crippen MR) is 69.0 cm³/mol. The Morgan fingerprint density at radius 3 is 2.79 bits per heavy atom. The Balaban J connectivity index is 2.22. The smallest absolute Gasteiger partial charge is 0.232 e. The number of hydrogen-bond acceptors (Lipinski definition) is 2. The third-order valence-corrected chi connectivity index (χ3v) is 3.54. The Hall–Kier alpha value is -2.07. The number of benzene rings is 1. The minimum atomic E-state index is -0.916. The van der Waals surface area contributed by atoms with Crippen molar-refractivity contribution in [1.29, 1.82) is 0 Å². The average Bonchev–Trinajstić information content (AvgIpc) is 2.76. The lowest BCUT2D eigenvalue weighted by Gasteiger charge is -2.25. The normalized spacial score (nSPS) is 24.1. The molecule has 0 aromatic heterocycles. The van der Waals surface area contributed by atoms with E-state index in [1.165, 1.54) is 0 Å². The number of azide groups is 1. The van der Waals surface area contributed by atoms with Crippen molar-refractivity contribution in [2.24, 2.45) is 11.0 Å². The molecule has 5 nitrogen and oxygen atoms in total. The molecule has 0 bridgehead atoms. The maximum absolute atomic E-state index is 12.9. The van der Waals surface area contributed by atoms with E-state index in [4.69, 9.17) is 5.53 Å². The number of rotatable bonds is 4. The molecule has 0 radical (unpaired) electrons. The summed E-state index contributed by atoms with van der Waals surface area (Å²) in [5.41, 5.74) is 9.45. The van der Waals surface area contributed by atoms with Crippen molar-refractivity contribution in [3.63, 3.8) is 0 Å². The fourth-order valence-electron chi connectivity index (χ4n) is 2.41. The first-order valence-corrected chi connectivity index (χ1v) is 6.14. The molecule has 100 valence electrons. The largest absolute Gasteiger partial charge is 0.335 e. The predicted octanol–water partition coefficient (Wildman–Crippen LogP) is 2.85. The van der Waals surface area contributed by atoms with Gasteiger partial charge in [0.1, 0.15) is 6.04 Å². The Bertz CT molecular complexity index is 501. The van der Waals surface area contributed by atoms with Gasteiger partial charge in [-0.3, -0.25) is 9.18 Å². The third-order valence-electron chi connectivity index (χ3n) is 3.54. The molecule has 1 aromatic rings. The summed E-state index contributed by atoms with van der Waals surface area (Å²) in [4.78, 5) is 16.4. The van der Waals surface area contributed by atoms with Gasteiger partial charge in [0.25, 0.3) is 0 Å². The summed E-state index contributed by atoms with van der Waals surface area (Å²) >= 11 is 0. The SMILES string of the molecule is CC(c1ccccc1)N1CC(CF)C(N=[N+]=[N-])C1=O. The van der Waals surface area contributed by atoms with Crippen LogP contribution in [0.15, 0.2) is 35.4 Å². The van der Waals surface area contributed by atoms with Gasteiger partial charge in [0.05, 0.1) is 12.7 Å². The summed E-state index contributed by atoms with van der Waals surface area (Å²) in [6.07, 6.45) is 0. The Morgan fingerprint density at radius 1 is 1.53 bits per heavy atom. The van der Waals surface area contributed by atoms with Gasteiger partial charge in [-0.1, -0.05) is 35.4 Å². The molecule has 1 aliphatic rings. The minimum Gasteiger partial charge on any atom is -0.335 e. The van der Waals surface area contributed by atoms with Crippen molar-refractivity contribution in [1.82, 2.24) is 4.90 Å². The van der Waals surface area contributed by atoms with E-state index >= 15 is 0 Å². The summed E-state index contributed by atoms with van der Waals surface area (Å²) in [6.45, 7) is 1.52. The number of amides is 1. The molecular weight excluding hydrogens is 247 g/mol. The van der Waals surface area contributed by atoms with Crippen LogP contribution in [0.2, 0.25) is 0 Å². The summed E-state index contributed by atoms with van der Waals surface area (Å²) < 4.78 is 12.9. The van der Waals surface area contributed by atoms with Crippen molar-refractivity contribution in [2.75, 3.05) is 13.2 Å². The highest BCUT2D eigenvalue weighted by atomic mass is 19.1. The van der Waals surface area contributed by atoms with Crippen LogP contribution in [-0.2, 0) is 4.79 Å². The van der Waals surface area contributed by atoms with Crippen molar-refractivity contribution in [3.05, 3.63) is 46.3 Å². The quantitative estimate of drug-likeness (QED) is 0.467. The van der Waals surface area contributed by atoms with Gasteiger partial charge in [0.15, 0.2) is 0 Å². The summed E-state index contributed by atoms with van der Waals surface area (Å²) in [5, 5.41) is 3.43. The van der Waals surface area contributed by atoms with E-state index in [1.54, 1.807) is 4.90 Å². The number of halogens is 1. The van der Waals surface area contributed by atoms with Crippen LogP contribution >= 0.6 is 0 Å². The molecule has 1 fully saturated rings. The average molecular weight is 262 g/mol. The molecule has 19 heavy (non-hydrogen) atoms. The highest BCUT2D eigenvalue weighted by Crippen LogP contribution is 2.30. The van der Waals surface area contributed by atoms with E-state index in [1.807, 2.05) is 37.3 Å². The van der Waals surface area contributed by atoms with E-state index < -0.39 is 18.6 Å². The van der Waals surface area contributed by atoms with Crippen LogP contribution in [-0.4, -0.2) is 30.1 Å². The molecule has 1 saturated heterocycles. The molecule has 1 heterocycles. The molecule has 6 heteroatoms. The fraction of sp³-hybridized carbons (Fsp3) is 0.462. The van der Waals surface area contributed by atoms with Crippen LogP contribution in [0.25, 0.3) is 10.4 Å². The molecule has 0 saturated carbocycles. The van der Waals surface area contributed by atoms with Gasteiger partial charge in [-0.25, -0.2) is 0 Å². The van der Waals surface area contributed by atoms with Crippen molar-refractivity contribution in [3.8, 4) is 0 Å². The molecule has 0 N–H and O–H groups in total. The van der Waals surface area contributed by atoms with Crippen molar-refractivity contribution >= 4 is 5.91 Å². The number of likely N-dealkylation sites (tertiary alicyclic amines) is 1. The molecule has 0 aliphatic carbocycles. The van der Waals surface area contributed by atoms with E-state index in [0.717, 1.165) is 5.56 Å². The van der Waals surface area contributed by atoms with E-state index in [2.05, 4.69) is 10.0 Å². The lowest BCUT2D eigenvalue weighted by Crippen LogP contribution is -2.31. The van der Waals surface area contributed by atoms with Crippen molar-refractivity contribution < 1.29 is 9.18 Å². The first-order chi connectivity index (χ1) is 9.19. The highest BCUT2D eigenvalue weighted by Gasteiger charge is 2.41. The van der Waals surface area contributed by atoms with Gasteiger partial charge in [0.2, 0.25) is 5.91 Å². The van der Waals surface area contributed by atoms with Crippen LogP contribution in [0.4, 0.5) is 4.39 Å². The number of carbonyl (C=O) groups is 1. The van der Waals surface area contributed by atoms with Gasteiger partial charge in [0, 0.05) is 17.4 Å². The standard InChI is InChI=1S/C13H15FN4O/c1-9(10-5-3-2-4-6-10)18-8-11(7-14)12(13(18)19)16-17-15/h2-6,9,11-12H,7-8H2,1H3. The van der Waals surface area contributed by atoms with Crippen LogP contribution in [0, 0.1) is 5.92 Å². The lowest BCUT2D eigenvalue weighted by atomic mass is 10.1. The highest BCUT2D eigenvalue weighted by molar-refractivity contribution is 5.85. The van der Waals surface area contributed by atoms with Crippen LogP contribution < -0.4 is 0 Å². The minimum absolute atomic E-state index is 0.151. The molecule has 1 aliphatic heterocycles. The fourth-order valence-corrected chi connectivity index (χ4v) is 2.41. The zero-order valence-electron chi connectivity index (χ0n) is 10.6. The van der Waals surface area contributed by atoms with Crippen molar-refractivity contribution in [2.45, 2.75) is 19.0 Å². The number of alkyl halides is 1. The molecular formula is C13H15FN4O. The zero-order chi connectivity index (χ0) is 13.8. The van der Waals surface area contributed by atoms with E-state index in [9.17, 15) is 9.18 Å². The summed E-state index contributed by atoms with van der Waals surface area (Å²) in [5.74, 6) is -0.841. The second kappa shape index (κ2) is 5.71. The van der Waals surface area contributed by atoms with E-state index in [0.29, 0.717) is 0 Å². The van der Waals surface area contributed by atoms with Gasteiger partial charge < -0.3 is 4.90 Å². The number of hydrogen-bond donors (Lipinski definition) is 0. The first-order valence-electron chi connectivity index (χ1n) is 6.14. The Labute approximate surface area is 110 Å². The van der Waals surface area contributed by atoms with Gasteiger partial charge in [-0.15, -0.1) is 0 Å². The topological polar surface area (TPSA) is 69.1 Å². The summed E-state index contributed by atoms with van der Waals surface area (Å²) in [6, 6.07) is 8.46. The van der Waals surface area contributed by atoms with Crippen LogP contribution in [0.3, 0.4) is 0 Å². The Kier molecular flexibility index (Phi) is 4.02. The number of nitrogens with zero attached hydrogens (tertiary/aromatic N) is 4. The zero-order valence-corrected chi connectivity index (χ0v) is 10.6. The first kappa shape index (κ1) is 13.4. The molecule has 3 atom stereocenters. The molecule has 0 spiro atoms. The van der Waals surface area contributed by atoms with Crippen LogP contribution in [0.1, 0.15) is 18.5 Å². The monoisotopic (exact) mass is 262 g/mol. The summed E-state index contributed by atoms with van der Waals surface area (Å²) in [7, 11) is 0. The maximum Gasteiger partial charge on any atom is 0.232 e. The van der Waals surface area contributed by atoms with E-state index in [-0.39, 0.29) is 18.5 Å². The molecule has 1 amide bonds. The van der Waals surface area contributed by atoms with Gasteiger partial charge in [-0.2, -0.15) is 0 Å². The molecule has 1 aromatic carbocycles. The Morgan fingerprint density at radius 2 is 2.21 bits per heavy atom. The third kappa shape index (κ3) is 2.53.